The summed E-state index contributed by atoms with van der Waals surface area (Å²) in [6, 6.07) is 13.7. The molecule has 1 atom stereocenters. The van der Waals surface area contributed by atoms with E-state index in [0.717, 1.165) is 29.4 Å². The molecular formula is C20H20N4O4S. The number of hydrogen-bond acceptors (Lipinski definition) is 7. The Kier molecular flexibility index (Phi) is 6.61. The van der Waals surface area contributed by atoms with E-state index in [1.165, 1.54) is 12.1 Å². The van der Waals surface area contributed by atoms with Crippen molar-refractivity contribution in [2.24, 2.45) is 0 Å². The van der Waals surface area contributed by atoms with Crippen molar-refractivity contribution in [2.45, 2.75) is 31.4 Å². The summed E-state index contributed by atoms with van der Waals surface area (Å²) in [5.41, 5.74) is 2.29. The van der Waals surface area contributed by atoms with Crippen LogP contribution in [0.5, 0.6) is 0 Å². The van der Waals surface area contributed by atoms with Gasteiger partial charge >= 0.3 is 0 Å². The number of rotatable bonds is 8. The number of non-ortho nitro benzene ring substituents is 1. The fourth-order valence-electron chi connectivity index (χ4n) is 2.71. The van der Waals surface area contributed by atoms with Crippen LogP contribution in [-0.4, -0.2) is 26.8 Å². The van der Waals surface area contributed by atoms with Crippen LogP contribution in [0.4, 0.5) is 11.4 Å². The van der Waals surface area contributed by atoms with E-state index in [1.807, 2.05) is 24.3 Å². The molecule has 2 aromatic carbocycles. The minimum atomic E-state index is -0.489. The molecule has 0 bridgehead atoms. The molecule has 0 aliphatic rings. The highest BCUT2D eigenvalue weighted by Crippen LogP contribution is 2.28. The summed E-state index contributed by atoms with van der Waals surface area (Å²) in [5, 5.41) is 21.8. The van der Waals surface area contributed by atoms with Crippen molar-refractivity contribution in [3.05, 3.63) is 64.2 Å². The molecule has 9 heteroatoms. The number of para-hydroxylation sites is 1. The SMILES string of the molecule is CC[C@H](C)c1ccccc1NC(=O)CSc1nnc(-c2cccc([N+](=O)[O-])c2)o1. The van der Waals surface area contributed by atoms with Gasteiger partial charge in [0.15, 0.2) is 0 Å². The second kappa shape index (κ2) is 9.33. The van der Waals surface area contributed by atoms with Crippen molar-refractivity contribution in [2.75, 3.05) is 11.1 Å². The van der Waals surface area contributed by atoms with E-state index < -0.39 is 4.92 Å². The number of benzene rings is 2. The maximum absolute atomic E-state index is 12.3. The van der Waals surface area contributed by atoms with E-state index in [-0.39, 0.29) is 28.5 Å². The number of amides is 1. The van der Waals surface area contributed by atoms with Crippen molar-refractivity contribution in [1.82, 2.24) is 10.2 Å². The summed E-state index contributed by atoms with van der Waals surface area (Å²) in [5.74, 6) is 0.429. The third-order valence-electron chi connectivity index (χ3n) is 4.42. The van der Waals surface area contributed by atoms with Gasteiger partial charge in [-0.15, -0.1) is 10.2 Å². The van der Waals surface area contributed by atoms with E-state index in [9.17, 15) is 14.9 Å². The molecule has 150 valence electrons. The third-order valence-corrected chi connectivity index (χ3v) is 5.23. The second-order valence-corrected chi connectivity index (χ2v) is 7.34. The van der Waals surface area contributed by atoms with Crippen LogP contribution in [-0.2, 0) is 4.79 Å². The fourth-order valence-corrected chi connectivity index (χ4v) is 3.27. The van der Waals surface area contributed by atoms with Crippen molar-refractivity contribution in [3.63, 3.8) is 0 Å². The highest BCUT2D eigenvalue weighted by atomic mass is 32.2. The number of anilines is 1. The number of hydrogen-bond donors (Lipinski definition) is 1. The van der Waals surface area contributed by atoms with Crippen LogP contribution in [0.15, 0.2) is 58.2 Å². The largest absolute Gasteiger partial charge is 0.411 e. The van der Waals surface area contributed by atoms with Crippen LogP contribution in [0, 0.1) is 10.1 Å². The molecule has 0 saturated heterocycles. The molecule has 0 spiro atoms. The molecular weight excluding hydrogens is 392 g/mol. The van der Waals surface area contributed by atoms with Crippen LogP contribution >= 0.6 is 11.8 Å². The zero-order valence-corrected chi connectivity index (χ0v) is 16.8. The zero-order valence-electron chi connectivity index (χ0n) is 16.0. The average Bonchev–Trinajstić information content (AvgIpc) is 3.21. The summed E-state index contributed by atoms with van der Waals surface area (Å²) in [6.07, 6.45) is 0.976. The van der Waals surface area contributed by atoms with Crippen molar-refractivity contribution < 1.29 is 14.1 Å². The Morgan fingerprint density at radius 2 is 2.03 bits per heavy atom. The normalized spacial score (nSPS) is 11.8. The van der Waals surface area contributed by atoms with Gasteiger partial charge in [-0.3, -0.25) is 14.9 Å². The molecule has 1 heterocycles. The van der Waals surface area contributed by atoms with E-state index in [0.29, 0.717) is 11.5 Å². The molecule has 0 fully saturated rings. The standard InChI is InChI=1S/C20H20N4O4S/c1-3-13(2)16-9-4-5-10-17(16)21-18(25)12-29-20-23-22-19(28-20)14-7-6-8-15(11-14)24(26)27/h4-11,13H,3,12H2,1-2H3,(H,21,25)/t13-/m0/s1. The lowest BCUT2D eigenvalue weighted by Gasteiger charge is -2.15. The average molecular weight is 412 g/mol. The number of nitrogens with zero attached hydrogens (tertiary/aromatic N) is 3. The number of nitrogens with one attached hydrogen (secondary N) is 1. The summed E-state index contributed by atoms with van der Waals surface area (Å²) < 4.78 is 5.52. The predicted octanol–water partition coefficient (Wildman–Crippen LogP) is 4.89. The van der Waals surface area contributed by atoms with Gasteiger partial charge in [-0.05, 0) is 30.0 Å². The first kappa shape index (κ1) is 20.5. The van der Waals surface area contributed by atoms with E-state index >= 15 is 0 Å². The van der Waals surface area contributed by atoms with Gasteiger partial charge in [0.1, 0.15) is 0 Å². The number of aromatic nitrogens is 2. The van der Waals surface area contributed by atoms with Crippen LogP contribution in [0.2, 0.25) is 0 Å². The highest BCUT2D eigenvalue weighted by molar-refractivity contribution is 7.99. The topological polar surface area (TPSA) is 111 Å². The first-order chi connectivity index (χ1) is 14.0. The lowest BCUT2D eigenvalue weighted by atomic mass is 9.97. The first-order valence-corrected chi connectivity index (χ1v) is 10.1. The Morgan fingerprint density at radius 3 is 2.79 bits per heavy atom. The van der Waals surface area contributed by atoms with Crippen molar-refractivity contribution >= 4 is 29.0 Å². The lowest BCUT2D eigenvalue weighted by molar-refractivity contribution is -0.384. The van der Waals surface area contributed by atoms with Gasteiger partial charge < -0.3 is 9.73 Å². The fraction of sp³-hybridized carbons (Fsp3) is 0.250. The van der Waals surface area contributed by atoms with Gasteiger partial charge in [-0.2, -0.15) is 0 Å². The third kappa shape index (κ3) is 5.20. The smallest absolute Gasteiger partial charge is 0.277 e. The molecule has 0 radical (unpaired) electrons. The molecule has 29 heavy (non-hydrogen) atoms. The number of thioether (sulfide) groups is 1. The van der Waals surface area contributed by atoms with Gasteiger partial charge in [0, 0.05) is 23.4 Å². The molecule has 8 nitrogen and oxygen atoms in total. The molecule has 1 N–H and O–H groups in total. The van der Waals surface area contributed by atoms with E-state index in [1.54, 1.807) is 12.1 Å². The molecule has 0 saturated carbocycles. The predicted molar refractivity (Wildman–Crippen MR) is 111 cm³/mol. The van der Waals surface area contributed by atoms with Crippen molar-refractivity contribution in [1.29, 1.82) is 0 Å². The molecule has 1 aromatic heterocycles. The Morgan fingerprint density at radius 1 is 1.24 bits per heavy atom. The maximum Gasteiger partial charge on any atom is 0.277 e. The van der Waals surface area contributed by atoms with Crippen molar-refractivity contribution in [3.8, 4) is 11.5 Å². The van der Waals surface area contributed by atoms with Crippen LogP contribution in [0.3, 0.4) is 0 Å². The number of nitro groups is 1. The Hall–Kier alpha value is -3.20. The molecule has 1 amide bonds. The Bertz CT molecular complexity index is 1020. The molecule has 0 aliphatic carbocycles. The quantitative estimate of drug-likeness (QED) is 0.318. The van der Waals surface area contributed by atoms with Gasteiger partial charge in [0.25, 0.3) is 10.9 Å². The minimum absolute atomic E-state index is 0.0609. The van der Waals surface area contributed by atoms with Crippen LogP contribution in [0.25, 0.3) is 11.5 Å². The van der Waals surface area contributed by atoms with Gasteiger partial charge in [-0.25, -0.2) is 0 Å². The molecule has 3 aromatic rings. The van der Waals surface area contributed by atoms with Crippen LogP contribution in [0.1, 0.15) is 31.7 Å². The van der Waals surface area contributed by atoms with Gasteiger partial charge in [0.2, 0.25) is 11.8 Å². The summed E-state index contributed by atoms with van der Waals surface area (Å²) in [6.45, 7) is 4.22. The van der Waals surface area contributed by atoms with E-state index in [4.69, 9.17) is 4.42 Å². The molecule has 0 aliphatic heterocycles. The minimum Gasteiger partial charge on any atom is -0.411 e. The molecule has 3 rings (SSSR count). The maximum atomic E-state index is 12.3. The first-order valence-electron chi connectivity index (χ1n) is 9.07. The number of nitro benzene ring substituents is 1. The van der Waals surface area contributed by atoms with Crippen LogP contribution < -0.4 is 5.32 Å². The summed E-state index contributed by atoms with van der Waals surface area (Å²) >= 11 is 1.11. The monoisotopic (exact) mass is 412 g/mol. The Balaban J connectivity index is 1.62. The second-order valence-electron chi connectivity index (χ2n) is 6.41. The lowest BCUT2D eigenvalue weighted by Crippen LogP contribution is -2.15. The number of carbonyl (C=O) groups is 1. The summed E-state index contributed by atoms with van der Waals surface area (Å²) in [4.78, 5) is 22.8. The van der Waals surface area contributed by atoms with Gasteiger partial charge in [0.05, 0.1) is 10.7 Å². The zero-order chi connectivity index (χ0) is 20.8. The van der Waals surface area contributed by atoms with E-state index in [2.05, 4.69) is 29.4 Å². The highest BCUT2D eigenvalue weighted by Gasteiger charge is 2.15. The molecule has 0 unspecified atom stereocenters. The summed E-state index contributed by atoms with van der Waals surface area (Å²) in [7, 11) is 0. The number of carbonyl (C=O) groups excluding carboxylic acids is 1. The Labute approximate surface area is 171 Å². The van der Waals surface area contributed by atoms with Gasteiger partial charge in [-0.1, -0.05) is 49.9 Å².